The normalized spacial score (nSPS) is 16.4. The summed E-state index contributed by atoms with van der Waals surface area (Å²) in [6.45, 7) is 2.72. The van der Waals surface area contributed by atoms with Crippen LogP contribution in [0.2, 0.25) is 0 Å². The smallest absolute Gasteiger partial charge is 0.207 e. The Bertz CT molecular complexity index is 577. The van der Waals surface area contributed by atoms with Crippen LogP contribution in [0, 0.1) is 5.92 Å². The summed E-state index contributed by atoms with van der Waals surface area (Å²) in [6, 6.07) is 3.70. The van der Waals surface area contributed by atoms with E-state index in [2.05, 4.69) is 0 Å². The monoisotopic (exact) mass is 321 g/mol. The molecular weight excluding hydrogens is 303 g/mol. The lowest BCUT2D eigenvalue weighted by atomic mass is 10.2. The van der Waals surface area contributed by atoms with Crippen LogP contribution in [0.1, 0.15) is 31.7 Å². The van der Waals surface area contributed by atoms with Crippen molar-refractivity contribution in [3.05, 3.63) is 29.8 Å². The number of nitrogens with zero attached hydrogens (tertiary/aromatic N) is 1. The summed E-state index contributed by atoms with van der Waals surface area (Å²) < 4.78 is 63.9. The van der Waals surface area contributed by atoms with Crippen molar-refractivity contribution in [1.82, 2.24) is 4.31 Å². The van der Waals surface area contributed by atoms with Crippen LogP contribution in [-0.4, -0.2) is 25.8 Å². The fourth-order valence-corrected chi connectivity index (χ4v) is 3.72. The van der Waals surface area contributed by atoms with Crippen LogP contribution in [-0.2, 0) is 16.2 Å². The summed E-state index contributed by atoms with van der Waals surface area (Å²) in [5, 5.41) is 0. The van der Waals surface area contributed by atoms with Crippen molar-refractivity contribution in [3.63, 3.8) is 0 Å². The van der Waals surface area contributed by atoms with Gasteiger partial charge in [-0.05, 0) is 49.4 Å². The van der Waals surface area contributed by atoms with Gasteiger partial charge >= 0.3 is 6.18 Å². The second-order valence-electron chi connectivity index (χ2n) is 5.33. The predicted molar refractivity (Wildman–Crippen MR) is 73.2 cm³/mol. The van der Waals surface area contributed by atoms with E-state index in [-0.39, 0.29) is 4.90 Å². The summed E-state index contributed by atoms with van der Waals surface area (Å²) in [4.78, 5) is -0.0791. The average Bonchev–Trinajstić information content (AvgIpc) is 3.21. The molecule has 21 heavy (non-hydrogen) atoms. The highest BCUT2D eigenvalue weighted by atomic mass is 32.2. The van der Waals surface area contributed by atoms with Gasteiger partial charge in [0, 0.05) is 13.1 Å². The van der Waals surface area contributed by atoms with Crippen LogP contribution in [0.5, 0.6) is 0 Å². The maximum absolute atomic E-state index is 12.5. The van der Waals surface area contributed by atoms with Gasteiger partial charge < -0.3 is 0 Å². The Balaban J connectivity index is 2.24. The number of hydrogen-bond acceptors (Lipinski definition) is 2. The molecule has 0 saturated heterocycles. The maximum Gasteiger partial charge on any atom is 0.416 e. The minimum Gasteiger partial charge on any atom is -0.207 e. The van der Waals surface area contributed by atoms with Crippen molar-refractivity contribution in [2.75, 3.05) is 13.1 Å². The first-order chi connectivity index (χ1) is 9.75. The third-order valence-corrected chi connectivity index (χ3v) is 5.33. The summed E-state index contributed by atoms with van der Waals surface area (Å²) in [7, 11) is -3.71. The largest absolute Gasteiger partial charge is 0.416 e. The van der Waals surface area contributed by atoms with E-state index in [1.165, 1.54) is 4.31 Å². The predicted octanol–water partition coefficient (Wildman–Crippen LogP) is 3.52. The van der Waals surface area contributed by atoms with E-state index in [1.807, 2.05) is 6.92 Å². The van der Waals surface area contributed by atoms with Gasteiger partial charge in [0.15, 0.2) is 0 Å². The SMILES string of the molecule is CCCN(CC1CC1)S(=O)(=O)c1ccc(C(F)(F)F)cc1. The molecule has 118 valence electrons. The quantitative estimate of drug-likeness (QED) is 0.804. The molecule has 1 aromatic carbocycles. The van der Waals surface area contributed by atoms with Crippen molar-refractivity contribution in [1.29, 1.82) is 0 Å². The highest BCUT2D eigenvalue weighted by molar-refractivity contribution is 7.89. The Labute approximate surface area is 122 Å². The zero-order chi connectivity index (χ0) is 15.7. The van der Waals surface area contributed by atoms with Crippen molar-refractivity contribution < 1.29 is 21.6 Å². The van der Waals surface area contributed by atoms with Gasteiger partial charge in [0.2, 0.25) is 10.0 Å². The molecule has 0 spiro atoms. The first-order valence-corrected chi connectivity index (χ1v) is 8.36. The molecule has 0 aromatic heterocycles. The molecule has 0 N–H and O–H groups in total. The molecule has 1 aromatic rings. The Morgan fingerprint density at radius 2 is 1.76 bits per heavy atom. The second kappa shape index (κ2) is 5.96. The van der Waals surface area contributed by atoms with E-state index < -0.39 is 21.8 Å². The van der Waals surface area contributed by atoms with Crippen LogP contribution >= 0.6 is 0 Å². The summed E-state index contributed by atoms with van der Waals surface area (Å²) in [6.07, 6.45) is -1.75. The first-order valence-electron chi connectivity index (χ1n) is 6.92. The van der Waals surface area contributed by atoms with Gasteiger partial charge in [-0.1, -0.05) is 6.92 Å². The second-order valence-corrected chi connectivity index (χ2v) is 7.27. The molecule has 0 aliphatic heterocycles. The van der Waals surface area contributed by atoms with Gasteiger partial charge in [0.25, 0.3) is 0 Å². The van der Waals surface area contributed by atoms with E-state index >= 15 is 0 Å². The number of benzene rings is 1. The van der Waals surface area contributed by atoms with E-state index in [4.69, 9.17) is 0 Å². The Morgan fingerprint density at radius 3 is 2.19 bits per heavy atom. The molecule has 0 amide bonds. The average molecular weight is 321 g/mol. The van der Waals surface area contributed by atoms with Crippen LogP contribution < -0.4 is 0 Å². The third-order valence-electron chi connectivity index (χ3n) is 3.45. The minimum absolute atomic E-state index is 0.0791. The number of sulfonamides is 1. The van der Waals surface area contributed by atoms with Crippen molar-refractivity contribution >= 4 is 10.0 Å². The molecule has 2 rings (SSSR count). The van der Waals surface area contributed by atoms with E-state index in [9.17, 15) is 21.6 Å². The number of rotatable bonds is 6. The molecule has 0 radical (unpaired) electrons. The Morgan fingerprint density at radius 1 is 1.19 bits per heavy atom. The van der Waals surface area contributed by atoms with Crippen LogP contribution in [0.3, 0.4) is 0 Å². The third kappa shape index (κ3) is 3.97. The Hall–Kier alpha value is -1.08. The molecule has 0 bridgehead atoms. The molecule has 1 aliphatic carbocycles. The fourth-order valence-electron chi connectivity index (χ4n) is 2.11. The van der Waals surface area contributed by atoms with Crippen LogP contribution in [0.4, 0.5) is 13.2 Å². The number of alkyl halides is 3. The van der Waals surface area contributed by atoms with Gasteiger partial charge in [-0.25, -0.2) is 8.42 Å². The Kier molecular flexibility index (Phi) is 4.63. The minimum atomic E-state index is -4.46. The standard InChI is InChI=1S/C14H18F3NO2S/c1-2-9-18(10-11-3-4-11)21(19,20)13-7-5-12(6-8-13)14(15,16)17/h5-8,11H,2-4,9-10H2,1H3. The van der Waals surface area contributed by atoms with Gasteiger partial charge in [-0.3, -0.25) is 0 Å². The lowest BCUT2D eigenvalue weighted by molar-refractivity contribution is -0.137. The van der Waals surface area contributed by atoms with Crippen LogP contribution in [0.15, 0.2) is 29.2 Å². The molecule has 1 saturated carbocycles. The van der Waals surface area contributed by atoms with Crippen molar-refractivity contribution in [2.45, 2.75) is 37.3 Å². The summed E-state index contributed by atoms with van der Waals surface area (Å²) >= 11 is 0. The molecule has 0 unspecified atom stereocenters. The lowest BCUT2D eigenvalue weighted by Gasteiger charge is -2.21. The summed E-state index contributed by atoms with van der Waals surface area (Å²) in [5.74, 6) is 0.390. The fraction of sp³-hybridized carbons (Fsp3) is 0.571. The summed E-state index contributed by atoms with van der Waals surface area (Å²) in [5.41, 5.74) is -0.842. The van der Waals surface area contributed by atoms with Crippen LogP contribution in [0.25, 0.3) is 0 Å². The van der Waals surface area contributed by atoms with E-state index in [0.717, 1.165) is 37.1 Å². The molecule has 7 heteroatoms. The molecular formula is C14H18F3NO2S. The molecule has 0 atom stereocenters. The zero-order valence-electron chi connectivity index (χ0n) is 11.7. The number of hydrogen-bond donors (Lipinski definition) is 0. The van der Waals surface area contributed by atoms with E-state index in [0.29, 0.717) is 25.4 Å². The zero-order valence-corrected chi connectivity index (χ0v) is 12.5. The van der Waals surface area contributed by atoms with E-state index in [1.54, 1.807) is 0 Å². The topological polar surface area (TPSA) is 37.4 Å². The highest BCUT2D eigenvalue weighted by Gasteiger charge is 2.33. The highest BCUT2D eigenvalue weighted by Crippen LogP contribution is 2.33. The molecule has 0 heterocycles. The first kappa shape index (κ1) is 16.3. The lowest BCUT2D eigenvalue weighted by Crippen LogP contribution is -2.33. The molecule has 3 nitrogen and oxygen atoms in total. The van der Waals surface area contributed by atoms with Gasteiger partial charge in [0.05, 0.1) is 10.5 Å². The maximum atomic E-state index is 12.5. The van der Waals surface area contributed by atoms with Crippen molar-refractivity contribution in [2.24, 2.45) is 5.92 Å². The molecule has 1 aliphatic rings. The van der Waals surface area contributed by atoms with Gasteiger partial charge in [0.1, 0.15) is 0 Å². The van der Waals surface area contributed by atoms with Gasteiger partial charge in [-0.2, -0.15) is 17.5 Å². The number of halogens is 3. The van der Waals surface area contributed by atoms with Crippen molar-refractivity contribution in [3.8, 4) is 0 Å². The van der Waals surface area contributed by atoms with Gasteiger partial charge in [-0.15, -0.1) is 0 Å². The molecule has 1 fully saturated rings.